The SMILES string of the molecule is CN(C)Cc1cncc(-c2cnc3n[nH]c(-c4nc5c(N6CCN(C)CC6)cncc5[nH]4)c3c2)c1. The molecule has 1 aliphatic rings. The lowest BCUT2D eigenvalue weighted by Gasteiger charge is -2.33. The number of hydrogen-bond acceptors (Lipinski definition) is 8. The van der Waals surface area contributed by atoms with Crippen LogP contribution in [0.25, 0.3) is 44.7 Å². The fraction of sp³-hybridized carbons (Fsp3) is 0.320. The Morgan fingerprint density at radius 1 is 0.943 bits per heavy atom. The van der Waals surface area contributed by atoms with E-state index in [0.29, 0.717) is 5.65 Å². The quantitative estimate of drug-likeness (QED) is 0.406. The van der Waals surface area contributed by atoms with E-state index in [-0.39, 0.29) is 0 Å². The van der Waals surface area contributed by atoms with Crippen molar-refractivity contribution < 1.29 is 0 Å². The van der Waals surface area contributed by atoms with Gasteiger partial charge in [0.05, 0.1) is 29.0 Å². The van der Waals surface area contributed by atoms with Gasteiger partial charge in [0.15, 0.2) is 11.5 Å². The summed E-state index contributed by atoms with van der Waals surface area (Å²) in [6.45, 7) is 4.80. The number of hydrogen-bond donors (Lipinski definition) is 2. The molecule has 10 heteroatoms. The van der Waals surface area contributed by atoms with Crippen LogP contribution in [-0.4, -0.2) is 92.2 Å². The fourth-order valence-corrected chi connectivity index (χ4v) is 4.65. The summed E-state index contributed by atoms with van der Waals surface area (Å²) in [5, 5.41) is 8.48. The lowest BCUT2D eigenvalue weighted by molar-refractivity contribution is 0.313. The third-order valence-electron chi connectivity index (χ3n) is 6.49. The molecule has 0 spiro atoms. The second-order valence-electron chi connectivity index (χ2n) is 9.44. The van der Waals surface area contributed by atoms with Crippen LogP contribution >= 0.6 is 0 Å². The summed E-state index contributed by atoms with van der Waals surface area (Å²) in [6, 6.07) is 4.26. The molecule has 0 radical (unpaired) electrons. The zero-order chi connectivity index (χ0) is 23.9. The lowest BCUT2D eigenvalue weighted by atomic mass is 10.1. The number of rotatable bonds is 5. The molecule has 6 heterocycles. The summed E-state index contributed by atoms with van der Waals surface area (Å²) in [5.74, 6) is 0.726. The Balaban J connectivity index is 1.39. The summed E-state index contributed by atoms with van der Waals surface area (Å²) in [4.78, 5) is 28.8. The van der Waals surface area contributed by atoms with Gasteiger partial charge < -0.3 is 19.7 Å². The second-order valence-corrected chi connectivity index (χ2v) is 9.44. The first-order valence-electron chi connectivity index (χ1n) is 11.8. The number of aromatic nitrogens is 7. The first kappa shape index (κ1) is 21.6. The molecule has 1 aliphatic heterocycles. The van der Waals surface area contributed by atoms with E-state index in [1.165, 1.54) is 0 Å². The van der Waals surface area contributed by atoms with Crippen molar-refractivity contribution in [2.24, 2.45) is 0 Å². The number of pyridine rings is 3. The van der Waals surface area contributed by atoms with Crippen LogP contribution in [0.5, 0.6) is 0 Å². The molecule has 0 aliphatic carbocycles. The van der Waals surface area contributed by atoms with Crippen LogP contribution in [0.3, 0.4) is 0 Å². The van der Waals surface area contributed by atoms with Crippen molar-refractivity contribution in [2.75, 3.05) is 52.2 Å². The number of H-pyrrole nitrogens is 2. The average molecular weight is 469 g/mol. The van der Waals surface area contributed by atoms with Crippen LogP contribution < -0.4 is 4.90 Å². The van der Waals surface area contributed by atoms with Crippen molar-refractivity contribution in [3.8, 4) is 22.6 Å². The Bertz CT molecular complexity index is 1490. The van der Waals surface area contributed by atoms with E-state index < -0.39 is 0 Å². The minimum Gasteiger partial charge on any atom is -0.366 e. The summed E-state index contributed by atoms with van der Waals surface area (Å²) in [6.07, 6.45) is 9.36. The molecule has 10 nitrogen and oxygen atoms in total. The Morgan fingerprint density at radius 3 is 2.57 bits per heavy atom. The molecule has 1 saturated heterocycles. The van der Waals surface area contributed by atoms with Crippen molar-refractivity contribution in [2.45, 2.75) is 6.54 Å². The molecule has 0 bridgehead atoms. The van der Waals surface area contributed by atoms with Crippen LogP contribution in [0, 0.1) is 0 Å². The van der Waals surface area contributed by atoms with Gasteiger partial charge in [-0.1, -0.05) is 0 Å². The maximum absolute atomic E-state index is 4.98. The van der Waals surface area contributed by atoms with Crippen molar-refractivity contribution in [3.63, 3.8) is 0 Å². The van der Waals surface area contributed by atoms with Gasteiger partial charge in [-0.15, -0.1) is 0 Å². The molecule has 0 unspecified atom stereocenters. The number of fused-ring (bicyclic) bond motifs is 2. The average Bonchev–Trinajstić information content (AvgIpc) is 3.48. The maximum atomic E-state index is 4.98. The highest BCUT2D eigenvalue weighted by molar-refractivity contribution is 5.95. The van der Waals surface area contributed by atoms with Crippen molar-refractivity contribution in [1.29, 1.82) is 0 Å². The summed E-state index contributed by atoms with van der Waals surface area (Å²) in [7, 11) is 6.26. The van der Waals surface area contributed by atoms with Crippen LogP contribution in [-0.2, 0) is 6.54 Å². The number of aromatic amines is 2. The smallest absolute Gasteiger partial charge is 0.181 e. The number of nitrogens with zero attached hydrogens (tertiary/aromatic N) is 8. The number of anilines is 1. The second kappa shape index (κ2) is 8.71. The van der Waals surface area contributed by atoms with Crippen LogP contribution in [0.4, 0.5) is 5.69 Å². The number of piperazine rings is 1. The van der Waals surface area contributed by atoms with Crippen LogP contribution in [0.15, 0.2) is 43.1 Å². The highest BCUT2D eigenvalue weighted by atomic mass is 15.3. The van der Waals surface area contributed by atoms with E-state index in [4.69, 9.17) is 4.98 Å². The number of imidazole rings is 1. The molecular formula is C25H28N10. The van der Waals surface area contributed by atoms with Gasteiger partial charge in [0.2, 0.25) is 0 Å². The minimum atomic E-state index is 0.652. The Labute approximate surface area is 203 Å². The Hall–Kier alpha value is -3.89. The Morgan fingerprint density at radius 2 is 1.74 bits per heavy atom. The third kappa shape index (κ3) is 4.11. The first-order chi connectivity index (χ1) is 17.0. The molecule has 35 heavy (non-hydrogen) atoms. The molecule has 5 aromatic rings. The van der Waals surface area contributed by atoms with Gasteiger partial charge in [-0.25, -0.2) is 9.97 Å². The number of nitrogens with one attached hydrogen (secondary N) is 2. The van der Waals surface area contributed by atoms with Gasteiger partial charge in [-0.05, 0) is 38.8 Å². The van der Waals surface area contributed by atoms with Crippen molar-refractivity contribution in [1.82, 2.24) is 44.9 Å². The van der Waals surface area contributed by atoms with Crippen LogP contribution in [0.2, 0.25) is 0 Å². The third-order valence-corrected chi connectivity index (χ3v) is 6.49. The predicted molar refractivity (Wildman–Crippen MR) is 137 cm³/mol. The normalized spacial score (nSPS) is 15.0. The molecule has 178 valence electrons. The summed E-state index contributed by atoms with van der Waals surface area (Å²) < 4.78 is 0. The van der Waals surface area contributed by atoms with Gasteiger partial charge >= 0.3 is 0 Å². The molecule has 2 N–H and O–H groups in total. The predicted octanol–water partition coefficient (Wildman–Crippen LogP) is 2.77. The van der Waals surface area contributed by atoms with E-state index in [9.17, 15) is 0 Å². The number of likely N-dealkylation sites (N-methyl/N-ethyl adjacent to an activating group) is 1. The van der Waals surface area contributed by atoms with Gasteiger partial charge in [0.25, 0.3) is 0 Å². The van der Waals surface area contributed by atoms with E-state index in [0.717, 1.165) is 83.0 Å². The minimum absolute atomic E-state index is 0.652. The molecule has 0 aromatic carbocycles. The van der Waals surface area contributed by atoms with E-state index in [1.54, 1.807) is 0 Å². The lowest BCUT2D eigenvalue weighted by Crippen LogP contribution is -2.44. The topological polar surface area (TPSA) is 106 Å². The zero-order valence-corrected chi connectivity index (χ0v) is 20.2. The first-order valence-corrected chi connectivity index (χ1v) is 11.8. The Kier molecular flexibility index (Phi) is 5.39. The molecule has 0 atom stereocenters. The molecule has 6 rings (SSSR count). The van der Waals surface area contributed by atoms with Gasteiger partial charge in [-0.2, -0.15) is 5.10 Å². The highest BCUT2D eigenvalue weighted by Crippen LogP contribution is 2.31. The van der Waals surface area contributed by atoms with E-state index in [2.05, 4.69) is 78.1 Å². The zero-order valence-electron chi connectivity index (χ0n) is 20.2. The van der Waals surface area contributed by atoms with E-state index >= 15 is 0 Å². The highest BCUT2D eigenvalue weighted by Gasteiger charge is 2.20. The maximum Gasteiger partial charge on any atom is 0.181 e. The largest absolute Gasteiger partial charge is 0.366 e. The molecule has 0 amide bonds. The summed E-state index contributed by atoms with van der Waals surface area (Å²) in [5.41, 5.74) is 7.52. The van der Waals surface area contributed by atoms with Gasteiger partial charge in [-0.3, -0.25) is 15.1 Å². The molecule has 1 fully saturated rings. The summed E-state index contributed by atoms with van der Waals surface area (Å²) >= 11 is 0. The van der Waals surface area contributed by atoms with Gasteiger partial charge in [0.1, 0.15) is 11.2 Å². The molecule has 0 saturated carbocycles. The van der Waals surface area contributed by atoms with Crippen molar-refractivity contribution >= 4 is 27.8 Å². The van der Waals surface area contributed by atoms with Gasteiger partial charge in [0, 0.05) is 62.4 Å². The van der Waals surface area contributed by atoms with Crippen molar-refractivity contribution in [3.05, 3.63) is 48.7 Å². The molecule has 5 aromatic heterocycles. The standard InChI is InChI=1S/C25H28N10/c1-33(2)15-16-8-17(11-26-10-16)18-9-19-22(31-32-24(19)28-12-18)25-29-20-13-27-14-21(23(20)30-25)35-6-4-34(3)5-7-35/h8-14H,4-7,15H2,1-3H3,(H,29,30)(H,28,31,32). The van der Waals surface area contributed by atoms with Crippen LogP contribution in [0.1, 0.15) is 5.56 Å². The van der Waals surface area contributed by atoms with E-state index in [1.807, 2.05) is 31.0 Å². The fourth-order valence-electron chi connectivity index (χ4n) is 4.65. The molecular weight excluding hydrogens is 440 g/mol. The monoisotopic (exact) mass is 468 g/mol.